The predicted molar refractivity (Wildman–Crippen MR) is 72.6 cm³/mol. The highest BCUT2D eigenvalue weighted by atomic mass is 35.5. The van der Waals surface area contributed by atoms with E-state index in [1.165, 1.54) is 5.56 Å². The number of carbonyl (C=O) groups excluding carboxylic acids is 1. The van der Waals surface area contributed by atoms with Gasteiger partial charge in [-0.15, -0.1) is 12.4 Å². The lowest BCUT2D eigenvalue weighted by Gasteiger charge is -2.09. The zero-order valence-electron chi connectivity index (χ0n) is 10.0. The van der Waals surface area contributed by atoms with Crippen LogP contribution in [0.1, 0.15) is 24.8 Å². The number of ketones is 1. The largest absolute Gasteiger partial charge is 0.316 e. The summed E-state index contributed by atoms with van der Waals surface area (Å²) in [4.78, 5) is 11.4. The predicted octanol–water partition coefficient (Wildman–Crippen LogP) is 2.61. The van der Waals surface area contributed by atoms with Gasteiger partial charge in [0.2, 0.25) is 0 Å². The number of benzene rings is 1. The standard InChI is InChI=1S/C14H19NO.ClH/c16-14-8-4-7-13(14)11-15-10-9-12-5-2-1-3-6-12;/h1-3,5-6,13,15H,4,7-11H2;1H. The normalized spacial score (nSPS) is 19.1. The topological polar surface area (TPSA) is 29.1 Å². The molecule has 17 heavy (non-hydrogen) atoms. The van der Waals surface area contributed by atoms with Crippen molar-refractivity contribution in [3.8, 4) is 0 Å². The fourth-order valence-corrected chi connectivity index (χ4v) is 2.26. The maximum Gasteiger partial charge on any atom is 0.137 e. The van der Waals surface area contributed by atoms with Crippen LogP contribution in [0.4, 0.5) is 0 Å². The van der Waals surface area contributed by atoms with Crippen molar-refractivity contribution in [3.05, 3.63) is 35.9 Å². The minimum Gasteiger partial charge on any atom is -0.316 e. The summed E-state index contributed by atoms with van der Waals surface area (Å²) >= 11 is 0. The third kappa shape index (κ3) is 4.49. The van der Waals surface area contributed by atoms with Gasteiger partial charge in [-0.25, -0.2) is 0 Å². The van der Waals surface area contributed by atoms with Crippen molar-refractivity contribution in [1.82, 2.24) is 5.32 Å². The second kappa shape index (κ2) is 7.46. The van der Waals surface area contributed by atoms with Gasteiger partial charge in [-0.3, -0.25) is 4.79 Å². The van der Waals surface area contributed by atoms with Gasteiger partial charge in [0.05, 0.1) is 0 Å². The highest BCUT2D eigenvalue weighted by molar-refractivity contribution is 5.85. The highest BCUT2D eigenvalue weighted by Crippen LogP contribution is 2.20. The molecule has 1 fully saturated rings. The lowest BCUT2D eigenvalue weighted by atomic mass is 10.1. The summed E-state index contributed by atoms with van der Waals surface area (Å²) in [6.07, 6.45) is 4.01. The zero-order chi connectivity index (χ0) is 11.2. The number of nitrogens with one attached hydrogen (secondary N) is 1. The van der Waals surface area contributed by atoms with Crippen LogP contribution in [0.3, 0.4) is 0 Å². The van der Waals surface area contributed by atoms with Gasteiger partial charge in [-0.05, 0) is 31.4 Å². The minimum absolute atomic E-state index is 0. The smallest absolute Gasteiger partial charge is 0.137 e. The molecule has 1 unspecified atom stereocenters. The van der Waals surface area contributed by atoms with E-state index in [9.17, 15) is 4.79 Å². The summed E-state index contributed by atoms with van der Waals surface area (Å²) in [5.74, 6) is 0.739. The van der Waals surface area contributed by atoms with E-state index >= 15 is 0 Å². The molecule has 1 aromatic carbocycles. The van der Waals surface area contributed by atoms with Crippen molar-refractivity contribution in [2.45, 2.75) is 25.7 Å². The third-order valence-corrected chi connectivity index (χ3v) is 3.26. The molecule has 0 aromatic heterocycles. The van der Waals surface area contributed by atoms with Gasteiger partial charge in [0.25, 0.3) is 0 Å². The van der Waals surface area contributed by atoms with E-state index in [1.54, 1.807) is 0 Å². The van der Waals surface area contributed by atoms with Crippen molar-refractivity contribution < 1.29 is 4.79 Å². The Kier molecular flexibility index (Phi) is 6.23. The van der Waals surface area contributed by atoms with Crippen LogP contribution in [0.2, 0.25) is 0 Å². The van der Waals surface area contributed by atoms with E-state index in [1.807, 2.05) is 6.07 Å². The first-order valence-electron chi connectivity index (χ1n) is 6.13. The second-order valence-corrected chi connectivity index (χ2v) is 4.50. The van der Waals surface area contributed by atoms with Crippen LogP contribution in [0.15, 0.2) is 30.3 Å². The van der Waals surface area contributed by atoms with E-state index in [4.69, 9.17) is 0 Å². The molecule has 0 saturated heterocycles. The van der Waals surface area contributed by atoms with Crippen LogP contribution in [-0.4, -0.2) is 18.9 Å². The molecule has 1 atom stereocenters. The molecule has 2 nitrogen and oxygen atoms in total. The molecule has 2 rings (SSSR count). The Hall–Kier alpha value is -0.860. The SMILES string of the molecule is Cl.O=C1CCCC1CNCCc1ccccc1. The molecule has 1 saturated carbocycles. The van der Waals surface area contributed by atoms with Crippen molar-refractivity contribution in [2.75, 3.05) is 13.1 Å². The van der Waals surface area contributed by atoms with Crippen molar-refractivity contribution in [2.24, 2.45) is 5.92 Å². The van der Waals surface area contributed by atoms with E-state index in [0.29, 0.717) is 5.78 Å². The minimum atomic E-state index is 0. The quantitative estimate of drug-likeness (QED) is 0.818. The van der Waals surface area contributed by atoms with Gasteiger partial charge in [-0.1, -0.05) is 30.3 Å². The molecule has 0 amide bonds. The van der Waals surface area contributed by atoms with Gasteiger partial charge in [0.1, 0.15) is 5.78 Å². The number of Topliss-reactive ketones (excluding diaryl/α,β-unsaturated/α-hetero) is 1. The molecule has 1 aromatic rings. The lowest BCUT2D eigenvalue weighted by Crippen LogP contribution is -2.27. The summed E-state index contributed by atoms with van der Waals surface area (Å²) in [6, 6.07) is 10.4. The van der Waals surface area contributed by atoms with Gasteiger partial charge in [0, 0.05) is 18.9 Å². The van der Waals surface area contributed by atoms with Crippen LogP contribution < -0.4 is 5.32 Å². The number of hydrogen-bond donors (Lipinski definition) is 1. The van der Waals surface area contributed by atoms with Gasteiger partial charge in [-0.2, -0.15) is 0 Å². The van der Waals surface area contributed by atoms with Crippen LogP contribution in [0.5, 0.6) is 0 Å². The average molecular weight is 254 g/mol. The second-order valence-electron chi connectivity index (χ2n) is 4.50. The Labute approximate surface area is 109 Å². The first kappa shape index (κ1) is 14.2. The van der Waals surface area contributed by atoms with E-state index in [-0.39, 0.29) is 18.3 Å². The molecule has 1 aliphatic rings. The van der Waals surface area contributed by atoms with Crippen molar-refractivity contribution in [1.29, 1.82) is 0 Å². The summed E-state index contributed by atoms with van der Waals surface area (Å²) in [5, 5.41) is 3.39. The van der Waals surface area contributed by atoms with Crippen molar-refractivity contribution >= 4 is 18.2 Å². The Morgan fingerprint density at radius 2 is 2.00 bits per heavy atom. The molecule has 0 aliphatic heterocycles. The number of carbonyl (C=O) groups is 1. The van der Waals surface area contributed by atoms with Gasteiger partial charge >= 0.3 is 0 Å². The maximum absolute atomic E-state index is 11.4. The van der Waals surface area contributed by atoms with Crippen LogP contribution >= 0.6 is 12.4 Å². The summed E-state index contributed by atoms with van der Waals surface area (Å²) in [6.45, 7) is 1.83. The van der Waals surface area contributed by atoms with Gasteiger partial charge < -0.3 is 5.32 Å². The molecular weight excluding hydrogens is 234 g/mol. The third-order valence-electron chi connectivity index (χ3n) is 3.26. The summed E-state index contributed by atoms with van der Waals surface area (Å²) < 4.78 is 0. The first-order valence-corrected chi connectivity index (χ1v) is 6.13. The van der Waals surface area contributed by atoms with Crippen LogP contribution in [0, 0.1) is 5.92 Å². The molecule has 0 spiro atoms. The monoisotopic (exact) mass is 253 g/mol. The number of rotatable bonds is 5. The van der Waals surface area contributed by atoms with E-state index < -0.39 is 0 Å². The Balaban J connectivity index is 0.00000144. The average Bonchev–Trinajstić information content (AvgIpc) is 2.72. The lowest BCUT2D eigenvalue weighted by molar-refractivity contribution is -0.120. The zero-order valence-corrected chi connectivity index (χ0v) is 10.8. The van der Waals surface area contributed by atoms with Gasteiger partial charge in [0.15, 0.2) is 0 Å². The van der Waals surface area contributed by atoms with E-state index in [0.717, 1.165) is 38.8 Å². The molecule has 3 heteroatoms. The highest BCUT2D eigenvalue weighted by Gasteiger charge is 2.23. The fraction of sp³-hybridized carbons (Fsp3) is 0.500. The first-order chi connectivity index (χ1) is 7.86. The Morgan fingerprint density at radius 3 is 2.65 bits per heavy atom. The Bertz CT molecular complexity index is 339. The molecule has 94 valence electrons. The number of halogens is 1. The molecule has 0 heterocycles. The van der Waals surface area contributed by atoms with Crippen LogP contribution in [-0.2, 0) is 11.2 Å². The molecule has 1 aliphatic carbocycles. The Morgan fingerprint density at radius 1 is 1.24 bits per heavy atom. The summed E-state index contributed by atoms with van der Waals surface area (Å²) in [7, 11) is 0. The molecule has 0 radical (unpaired) electrons. The molecular formula is C14H20ClNO. The maximum atomic E-state index is 11.4. The fourth-order valence-electron chi connectivity index (χ4n) is 2.26. The summed E-state index contributed by atoms with van der Waals surface area (Å²) in [5.41, 5.74) is 1.35. The molecule has 1 N–H and O–H groups in total. The van der Waals surface area contributed by atoms with Crippen LogP contribution in [0.25, 0.3) is 0 Å². The van der Waals surface area contributed by atoms with Crippen molar-refractivity contribution in [3.63, 3.8) is 0 Å². The number of hydrogen-bond acceptors (Lipinski definition) is 2. The van der Waals surface area contributed by atoms with E-state index in [2.05, 4.69) is 29.6 Å². The molecule has 0 bridgehead atoms.